The summed E-state index contributed by atoms with van der Waals surface area (Å²) in [4.78, 5) is 13.9. The molecular weight excluding hydrogens is 319 g/mol. The molecule has 1 amide bonds. The van der Waals surface area contributed by atoms with Gasteiger partial charge in [-0.1, -0.05) is 6.92 Å². The highest BCUT2D eigenvalue weighted by Crippen LogP contribution is 2.55. The lowest BCUT2D eigenvalue weighted by Gasteiger charge is -2.27. The number of nitrogens with zero attached hydrogens (tertiary/aromatic N) is 2. The monoisotopic (exact) mass is 348 g/mol. The molecule has 1 saturated heterocycles. The summed E-state index contributed by atoms with van der Waals surface area (Å²) in [6.07, 6.45) is 8.68. The maximum atomic E-state index is 13.5. The zero-order valence-corrected chi connectivity index (χ0v) is 15.1. The summed E-state index contributed by atoms with van der Waals surface area (Å²) in [5.41, 5.74) is 0.215. The van der Waals surface area contributed by atoms with Gasteiger partial charge in [-0.3, -0.25) is 4.79 Å². The van der Waals surface area contributed by atoms with Gasteiger partial charge < -0.3 is 9.64 Å². The Morgan fingerprint density at radius 3 is 2.52 bits per heavy atom. The number of halogens is 1. The lowest BCUT2D eigenvalue weighted by molar-refractivity contribution is -0.132. The molecule has 3 aliphatic carbocycles. The van der Waals surface area contributed by atoms with Gasteiger partial charge in [-0.2, -0.15) is 5.26 Å². The first-order valence-electron chi connectivity index (χ1n) is 9.94. The van der Waals surface area contributed by atoms with Crippen molar-refractivity contribution < 1.29 is 13.9 Å². The summed E-state index contributed by atoms with van der Waals surface area (Å²) in [7, 11) is 0. The van der Waals surface area contributed by atoms with E-state index in [1.165, 1.54) is 43.4 Å². The maximum absolute atomic E-state index is 13.5. The fourth-order valence-electron chi connectivity index (χ4n) is 5.53. The standard InChI is InChI=1S/C20H29FN2O2/c1-20(5-4-19(24)23-12-15(21)8-16(23)11-22)9-13-6-18(7-14(13)10-20)25-17-2-3-17/h13-18H,2-10,12H2,1H3/t13-,14+,15-,16-,18?,20?/m0/s1. The van der Waals surface area contributed by atoms with Gasteiger partial charge in [-0.25, -0.2) is 4.39 Å². The third-order valence-electron chi connectivity index (χ3n) is 6.88. The van der Waals surface area contributed by atoms with Crippen LogP contribution in [0.15, 0.2) is 0 Å². The number of hydrogen-bond donors (Lipinski definition) is 0. The summed E-state index contributed by atoms with van der Waals surface area (Å²) in [5, 5.41) is 9.11. The molecule has 3 saturated carbocycles. The van der Waals surface area contributed by atoms with E-state index < -0.39 is 12.2 Å². The summed E-state index contributed by atoms with van der Waals surface area (Å²) >= 11 is 0. The molecule has 4 aliphatic rings. The molecule has 1 heterocycles. The van der Waals surface area contributed by atoms with E-state index in [1.54, 1.807) is 0 Å². The molecule has 4 fully saturated rings. The molecule has 0 radical (unpaired) electrons. The maximum Gasteiger partial charge on any atom is 0.223 e. The number of hydrogen-bond acceptors (Lipinski definition) is 3. The summed E-state index contributed by atoms with van der Waals surface area (Å²) < 4.78 is 19.6. The van der Waals surface area contributed by atoms with Crippen molar-refractivity contribution in [3.63, 3.8) is 0 Å². The minimum absolute atomic E-state index is 0.0417. The molecule has 2 unspecified atom stereocenters. The van der Waals surface area contributed by atoms with Crippen LogP contribution in [0.2, 0.25) is 0 Å². The second-order valence-electron chi connectivity index (χ2n) is 9.19. The van der Waals surface area contributed by atoms with Crippen LogP contribution in [0, 0.1) is 28.6 Å². The SMILES string of the molecule is CC1(CCC(=O)N2C[C@@H](F)C[C@H]2C#N)C[C@H]2CC(OC3CC3)C[C@H]2C1. The summed E-state index contributed by atoms with van der Waals surface area (Å²) in [6, 6.07) is 1.50. The second kappa shape index (κ2) is 6.54. The number of nitriles is 1. The van der Waals surface area contributed by atoms with Gasteiger partial charge in [0.05, 0.1) is 24.8 Å². The zero-order chi connectivity index (χ0) is 17.6. The van der Waals surface area contributed by atoms with E-state index in [0.29, 0.717) is 18.6 Å². The van der Waals surface area contributed by atoms with Crippen molar-refractivity contribution >= 4 is 5.91 Å². The number of rotatable bonds is 5. The fourth-order valence-corrected chi connectivity index (χ4v) is 5.53. The van der Waals surface area contributed by atoms with Crippen LogP contribution < -0.4 is 0 Å². The first kappa shape index (κ1) is 17.3. The minimum Gasteiger partial charge on any atom is -0.375 e. The van der Waals surface area contributed by atoms with Gasteiger partial charge in [0.25, 0.3) is 0 Å². The Balaban J connectivity index is 1.26. The molecule has 4 rings (SSSR count). The Morgan fingerprint density at radius 2 is 1.92 bits per heavy atom. The van der Waals surface area contributed by atoms with Crippen molar-refractivity contribution in [2.75, 3.05) is 6.54 Å². The van der Waals surface area contributed by atoms with Crippen LogP contribution in [0.25, 0.3) is 0 Å². The average molecular weight is 348 g/mol. The van der Waals surface area contributed by atoms with Crippen molar-refractivity contribution in [1.82, 2.24) is 4.90 Å². The number of carbonyl (C=O) groups excluding carboxylic acids is 1. The van der Waals surface area contributed by atoms with E-state index in [4.69, 9.17) is 10.00 Å². The first-order valence-corrected chi connectivity index (χ1v) is 9.94. The molecular formula is C20H29FN2O2. The molecule has 0 aromatic carbocycles. The molecule has 6 atom stereocenters. The number of likely N-dealkylation sites (tertiary alicyclic amines) is 1. The topological polar surface area (TPSA) is 53.3 Å². The van der Waals surface area contributed by atoms with E-state index >= 15 is 0 Å². The highest BCUT2D eigenvalue weighted by atomic mass is 19.1. The Labute approximate surface area is 149 Å². The quantitative estimate of drug-likeness (QED) is 0.763. The van der Waals surface area contributed by atoms with Gasteiger partial charge in [-0.15, -0.1) is 0 Å². The van der Waals surface area contributed by atoms with Crippen LogP contribution in [-0.2, 0) is 9.53 Å². The number of alkyl halides is 1. The van der Waals surface area contributed by atoms with Gasteiger partial charge in [0.1, 0.15) is 12.2 Å². The first-order chi connectivity index (χ1) is 12.0. The van der Waals surface area contributed by atoms with Crippen LogP contribution in [0.3, 0.4) is 0 Å². The molecule has 4 nitrogen and oxygen atoms in total. The van der Waals surface area contributed by atoms with Gasteiger partial charge >= 0.3 is 0 Å². The van der Waals surface area contributed by atoms with Crippen LogP contribution >= 0.6 is 0 Å². The molecule has 1 aliphatic heterocycles. The molecule has 0 aromatic heterocycles. The molecule has 0 bridgehead atoms. The highest BCUT2D eigenvalue weighted by Gasteiger charge is 2.48. The lowest BCUT2D eigenvalue weighted by Crippen LogP contribution is -2.35. The number of ether oxygens (including phenoxy) is 1. The second-order valence-corrected chi connectivity index (χ2v) is 9.19. The predicted molar refractivity (Wildman–Crippen MR) is 91.3 cm³/mol. The number of amides is 1. The van der Waals surface area contributed by atoms with E-state index in [2.05, 4.69) is 13.0 Å². The summed E-state index contributed by atoms with van der Waals surface area (Å²) in [5.74, 6) is 1.45. The molecule has 0 aromatic rings. The fraction of sp³-hybridized carbons (Fsp3) is 0.900. The van der Waals surface area contributed by atoms with Crippen LogP contribution in [0.4, 0.5) is 4.39 Å². The Hall–Kier alpha value is -1.15. The van der Waals surface area contributed by atoms with Crippen molar-refractivity contribution in [3.8, 4) is 6.07 Å². The normalized spacial score (nSPS) is 43.2. The van der Waals surface area contributed by atoms with Crippen molar-refractivity contribution in [1.29, 1.82) is 5.26 Å². The largest absolute Gasteiger partial charge is 0.375 e. The molecule has 138 valence electrons. The smallest absolute Gasteiger partial charge is 0.223 e. The van der Waals surface area contributed by atoms with Gasteiger partial charge in [0, 0.05) is 12.8 Å². The van der Waals surface area contributed by atoms with Gasteiger partial charge in [0.2, 0.25) is 5.91 Å². The minimum atomic E-state index is -1.04. The van der Waals surface area contributed by atoms with Crippen molar-refractivity contribution in [2.45, 2.75) is 89.1 Å². The molecule has 5 heteroatoms. The van der Waals surface area contributed by atoms with E-state index in [-0.39, 0.29) is 24.3 Å². The van der Waals surface area contributed by atoms with Crippen molar-refractivity contribution in [2.24, 2.45) is 17.3 Å². The van der Waals surface area contributed by atoms with Crippen molar-refractivity contribution in [3.05, 3.63) is 0 Å². The third-order valence-corrected chi connectivity index (χ3v) is 6.88. The van der Waals surface area contributed by atoms with Crippen LogP contribution in [0.1, 0.15) is 64.7 Å². The predicted octanol–water partition coefficient (Wildman–Crippen LogP) is 3.60. The average Bonchev–Trinajstić information content (AvgIpc) is 3.06. The highest BCUT2D eigenvalue weighted by molar-refractivity contribution is 5.77. The van der Waals surface area contributed by atoms with Crippen LogP contribution in [0.5, 0.6) is 0 Å². The van der Waals surface area contributed by atoms with Gasteiger partial charge in [-0.05, 0) is 62.2 Å². The lowest BCUT2D eigenvalue weighted by atomic mass is 9.81. The zero-order valence-electron chi connectivity index (χ0n) is 15.1. The molecule has 25 heavy (non-hydrogen) atoms. The third kappa shape index (κ3) is 3.69. The Morgan fingerprint density at radius 1 is 1.24 bits per heavy atom. The molecule has 0 spiro atoms. The molecule has 0 N–H and O–H groups in total. The van der Waals surface area contributed by atoms with E-state index in [1.807, 2.05) is 0 Å². The summed E-state index contributed by atoms with van der Waals surface area (Å²) in [6.45, 7) is 2.40. The van der Waals surface area contributed by atoms with Crippen LogP contribution in [-0.4, -0.2) is 41.8 Å². The van der Waals surface area contributed by atoms with Gasteiger partial charge in [0.15, 0.2) is 0 Å². The Kier molecular flexibility index (Phi) is 4.52. The van der Waals surface area contributed by atoms with E-state index in [9.17, 15) is 9.18 Å². The van der Waals surface area contributed by atoms with E-state index in [0.717, 1.165) is 18.3 Å². The number of carbonyl (C=O) groups is 1. The number of fused-ring (bicyclic) bond motifs is 1. The Bertz CT molecular complexity index is 557.